The van der Waals surface area contributed by atoms with E-state index in [1.165, 1.54) is 4.88 Å². The molecule has 6 nitrogen and oxygen atoms in total. The lowest BCUT2D eigenvalue weighted by Crippen LogP contribution is -2.39. The van der Waals surface area contributed by atoms with E-state index in [1.54, 1.807) is 17.7 Å². The summed E-state index contributed by atoms with van der Waals surface area (Å²) in [6.45, 7) is 1.24. The molecule has 3 heterocycles. The predicted octanol–water partition coefficient (Wildman–Crippen LogP) is 1.06. The smallest absolute Gasteiger partial charge is 0.325 e. The van der Waals surface area contributed by atoms with Crippen molar-refractivity contribution in [1.29, 1.82) is 0 Å². The standard InChI is InChI=1S/C12H14N4O2S/c1-15-7-13-14-10(15)6-16-4-2-9-8(3-5-19-9)11(16)12(17)18/h3,5,7,11H,2,4,6H2,1H3,(H,17,18). The highest BCUT2D eigenvalue weighted by Crippen LogP contribution is 2.34. The van der Waals surface area contributed by atoms with E-state index in [9.17, 15) is 9.90 Å². The normalized spacial score (nSPS) is 19.3. The summed E-state index contributed by atoms with van der Waals surface area (Å²) in [5.41, 5.74) is 0.922. The molecular formula is C12H14N4O2S. The third-order valence-electron chi connectivity index (χ3n) is 3.45. The molecule has 2 aromatic rings. The van der Waals surface area contributed by atoms with Crippen molar-refractivity contribution in [2.45, 2.75) is 19.0 Å². The highest BCUT2D eigenvalue weighted by atomic mass is 32.1. The average molecular weight is 278 g/mol. The van der Waals surface area contributed by atoms with E-state index in [1.807, 2.05) is 28.0 Å². The first-order valence-electron chi connectivity index (χ1n) is 6.03. The summed E-state index contributed by atoms with van der Waals surface area (Å²) in [6, 6.07) is 1.34. The zero-order chi connectivity index (χ0) is 13.4. The Bertz CT molecular complexity index is 606. The first-order valence-corrected chi connectivity index (χ1v) is 6.91. The average Bonchev–Trinajstić information content (AvgIpc) is 2.98. The van der Waals surface area contributed by atoms with Gasteiger partial charge >= 0.3 is 5.97 Å². The van der Waals surface area contributed by atoms with Gasteiger partial charge in [0.2, 0.25) is 0 Å². The van der Waals surface area contributed by atoms with Gasteiger partial charge in [0.1, 0.15) is 18.2 Å². The number of aliphatic carboxylic acids is 1. The number of thiophene rings is 1. The van der Waals surface area contributed by atoms with Crippen molar-refractivity contribution in [2.75, 3.05) is 6.54 Å². The molecule has 0 saturated heterocycles. The number of fused-ring (bicyclic) bond motifs is 1. The maximum absolute atomic E-state index is 11.6. The fourth-order valence-electron chi connectivity index (χ4n) is 2.46. The number of carboxylic acids is 1. The number of carboxylic acid groups (broad SMARTS) is 1. The van der Waals surface area contributed by atoms with Crippen LogP contribution in [0.25, 0.3) is 0 Å². The van der Waals surface area contributed by atoms with Crippen LogP contribution >= 0.6 is 11.3 Å². The second-order valence-corrected chi connectivity index (χ2v) is 5.62. The summed E-state index contributed by atoms with van der Waals surface area (Å²) >= 11 is 1.64. The Hall–Kier alpha value is -1.73. The lowest BCUT2D eigenvalue weighted by molar-refractivity contribution is -0.144. The van der Waals surface area contributed by atoms with E-state index in [-0.39, 0.29) is 0 Å². The fraction of sp³-hybridized carbons (Fsp3) is 0.417. The Morgan fingerprint density at radius 1 is 1.63 bits per heavy atom. The van der Waals surface area contributed by atoms with Gasteiger partial charge in [-0.05, 0) is 23.4 Å². The third-order valence-corrected chi connectivity index (χ3v) is 4.45. The van der Waals surface area contributed by atoms with Gasteiger partial charge in [-0.15, -0.1) is 21.5 Å². The molecule has 1 N–H and O–H groups in total. The molecule has 0 bridgehead atoms. The van der Waals surface area contributed by atoms with Crippen molar-refractivity contribution >= 4 is 17.3 Å². The fourth-order valence-corrected chi connectivity index (χ4v) is 3.36. The number of aromatic nitrogens is 3. The van der Waals surface area contributed by atoms with Gasteiger partial charge in [0.05, 0.1) is 6.54 Å². The van der Waals surface area contributed by atoms with Crippen LogP contribution in [-0.2, 0) is 24.8 Å². The Balaban J connectivity index is 1.90. The largest absolute Gasteiger partial charge is 0.480 e. The zero-order valence-electron chi connectivity index (χ0n) is 10.5. The summed E-state index contributed by atoms with van der Waals surface area (Å²) in [5, 5.41) is 19.3. The predicted molar refractivity (Wildman–Crippen MR) is 69.8 cm³/mol. The molecule has 2 aromatic heterocycles. The summed E-state index contributed by atoms with van der Waals surface area (Å²) < 4.78 is 1.82. The molecule has 0 aliphatic carbocycles. The van der Waals surface area contributed by atoms with Gasteiger partial charge in [-0.2, -0.15) is 0 Å². The van der Waals surface area contributed by atoms with E-state index in [0.29, 0.717) is 6.54 Å². The SMILES string of the molecule is Cn1cnnc1CN1CCc2sccc2C1C(=O)O. The van der Waals surface area contributed by atoms with Crippen LogP contribution in [0.3, 0.4) is 0 Å². The molecule has 0 spiro atoms. The van der Waals surface area contributed by atoms with Crippen molar-refractivity contribution < 1.29 is 9.90 Å². The second kappa shape index (κ2) is 4.75. The van der Waals surface area contributed by atoms with Gasteiger partial charge in [-0.25, -0.2) is 0 Å². The van der Waals surface area contributed by atoms with Gasteiger partial charge in [0.25, 0.3) is 0 Å². The van der Waals surface area contributed by atoms with Crippen molar-refractivity contribution in [2.24, 2.45) is 7.05 Å². The Labute approximate surface area is 114 Å². The van der Waals surface area contributed by atoms with Crippen LogP contribution in [0.5, 0.6) is 0 Å². The molecule has 0 aromatic carbocycles. The number of rotatable bonds is 3. The number of nitrogens with zero attached hydrogens (tertiary/aromatic N) is 4. The number of carbonyl (C=O) groups is 1. The van der Waals surface area contributed by atoms with Crippen LogP contribution in [-0.4, -0.2) is 37.3 Å². The zero-order valence-corrected chi connectivity index (χ0v) is 11.3. The molecule has 3 rings (SSSR count). The van der Waals surface area contributed by atoms with E-state index in [0.717, 1.165) is 24.4 Å². The lowest BCUT2D eigenvalue weighted by atomic mass is 10.00. The molecule has 0 saturated carbocycles. The van der Waals surface area contributed by atoms with Crippen LogP contribution in [0.15, 0.2) is 17.8 Å². The molecule has 100 valence electrons. The molecule has 7 heteroatoms. The van der Waals surface area contributed by atoms with Crippen molar-refractivity contribution in [3.8, 4) is 0 Å². The summed E-state index contributed by atoms with van der Waals surface area (Å²) in [7, 11) is 1.87. The number of hydrogen-bond acceptors (Lipinski definition) is 5. The van der Waals surface area contributed by atoms with E-state index in [4.69, 9.17) is 0 Å². The van der Waals surface area contributed by atoms with Crippen molar-refractivity contribution in [1.82, 2.24) is 19.7 Å². The van der Waals surface area contributed by atoms with Crippen molar-refractivity contribution in [3.05, 3.63) is 34.0 Å². The lowest BCUT2D eigenvalue weighted by Gasteiger charge is -2.32. The second-order valence-electron chi connectivity index (χ2n) is 4.62. The molecule has 19 heavy (non-hydrogen) atoms. The van der Waals surface area contributed by atoms with Crippen molar-refractivity contribution in [3.63, 3.8) is 0 Å². The molecule has 1 unspecified atom stereocenters. The van der Waals surface area contributed by atoms with Gasteiger partial charge < -0.3 is 9.67 Å². The summed E-state index contributed by atoms with van der Waals surface area (Å²) in [4.78, 5) is 14.7. The topological polar surface area (TPSA) is 71.2 Å². The number of aryl methyl sites for hydroxylation is 1. The van der Waals surface area contributed by atoms with E-state index in [2.05, 4.69) is 10.2 Å². The Morgan fingerprint density at radius 2 is 2.47 bits per heavy atom. The van der Waals surface area contributed by atoms with E-state index >= 15 is 0 Å². The molecule has 1 atom stereocenters. The molecule has 0 fully saturated rings. The van der Waals surface area contributed by atoms with E-state index < -0.39 is 12.0 Å². The first-order chi connectivity index (χ1) is 9.16. The maximum Gasteiger partial charge on any atom is 0.325 e. The maximum atomic E-state index is 11.6. The first kappa shape index (κ1) is 12.3. The molecule has 1 aliphatic heterocycles. The quantitative estimate of drug-likeness (QED) is 0.909. The van der Waals surface area contributed by atoms with Crippen LogP contribution < -0.4 is 0 Å². The number of hydrogen-bond donors (Lipinski definition) is 1. The van der Waals surface area contributed by atoms with Gasteiger partial charge in [-0.1, -0.05) is 0 Å². The van der Waals surface area contributed by atoms with Gasteiger partial charge in [-0.3, -0.25) is 9.69 Å². The minimum atomic E-state index is -0.804. The van der Waals surface area contributed by atoms with Crippen LogP contribution in [0.1, 0.15) is 22.3 Å². The Kier molecular flexibility index (Phi) is 3.08. The highest BCUT2D eigenvalue weighted by molar-refractivity contribution is 7.10. The van der Waals surface area contributed by atoms with Crippen LogP contribution in [0, 0.1) is 0 Å². The minimum absolute atomic E-state index is 0.503. The van der Waals surface area contributed by atoms with Crippen LogP contribution in [0.2, 0.25) is 0 Å². The minimum Gasteiger partial charge on any atom is -0.480 e. The van der Waals surface area contributed by atoms with Crippen LogP contribution in [0.4, 0.5) is 0 Å². The molecule has 0 radical (unpaired) electrons. The summed E-state index contributed by atoms with van der Waals surface area (Å²) in [5.74, 6) is -0.0218. The molecule has 0 amide bonds. The summed E-state index contributed by atoms with van der Waals surface area (Å²) in [6.07, 6.45) is 2.53. The third kappa shape index (κ3) is 2.15. The van der Waals surface area contributed by atoms with Gasteiger partial charge in [0.15, 0.2) is 0 Å². The monoisotopic (exact) mass is 278 g/mol. The highest BCUT2D eigenvalue weighted by Gasteiger charge is 2.34. The molecular weight excluding hydrogens is 264 g/mol. The Morgan fingerprint density at radius 3 is 3.16 bits per heavy atom. The van der Waals surface area contributed by atoms with Gasteiger partial charge in [0, 0.05) is 18.5 Å². The molecule has 1 aliphatic rings.